The van der Waals surface area contributed by atoms with Crippen molar-refractivity contribution in [2.45, 2.75) is 32.1 Å². The van der Waals surface area contributed by atoms with Crippen molar-refractivity contribution in [2.24, 2.45) is 0 Å². The number of nitrogens with one attached hydrogen (secondary N) is 2. The molecule has 2 unspecified atom stereocenters. The molecule has 0 bridgehead atoms. The highest BCUT2D eigenvalue weighted by atomic mass is 19.4. The van der Waals surface area contributed by atoms with Crippen molar-refractivity contribution in [3.05, 3.63) is 46.7 Å². The molecule has 184 valence electrons. The van der Waals surface area contributed by atoms with E-state index in [9.17, 15) is 27.6 Å². The molecular formula is C22H26F3N5O4. The van der Waals surface area contributed by atoms with Gasteiger partial charge in [0.05, 0.1) is 42.6 Å². The van der Waals surface area contributed by atoms with Crippen LogP contribution in [-0.2, 0) is 20.5 Å². The van der Waals surface area contributed by atoms with Crippen molar-refractivity contribution in [3.63, 3.8) is 0 Å². The number of amides is 4. The van der Waals surface area contributed by atoms with Gasteiger partial charge in [-0.15, -0.1) is 0 Å². The first kappa shape index (κ1) is 24.0. The van der Waals surface area contributed by atoms with E-state index in [0.29, 0.717) is 32.0 Å². The third-order valence-corrected chi connectivity index (χ3v) is 6.27. The lowest BCUT2D eigenvalue weighted by molar-refractivity contribution is -0.140. The number of benzene rings is 1. The summed E-state index contributed by atoms with van der Waals surface area (Å²) in [6.45, 7) is 5.34. The standard InChI is InChI=1S/C22H26F3N5O4/c1-3-29-16-12-30(13(2)19(31)27-28-8-10-34-11-9-28)20(32)17(16)18(26-21(29)33)14-6-4-5-7-15(14)22(23,24)25/h4-7,13,18H,3,8-12H2,1-2H3,(H,26,33)(H,27,31). The summed E-state index contributed by atoms with van der Waals surface area (Å²) in [4.78, 5) is 41.7. The molecule has 2 N–H and O–H groups in total. The number of carbonyl (C=O) groups is 3. The monoisotopic (exact) mass is 481 g/mol. The van der Waals surface area contributed by atoms with Gasteiger partial charge < -0.3 is 15.0 Å². The lowest BCUT2D eigenvalue weighted by Gasteiger charge is -2.33. The van der Waals surface area contributed by atoms with Crippen molar-refractivity contribution >= 4 is 17.8 Å². The Morgan fingerprint density at radius 1 is 1.24 bits per heavy atom. The summed E-state index contributed by atoms with van der Waals surface area (Å²) in [5.74, 6) is -1.01. The molecule has 0 aromatic heterocycles. The summed E-state index contributed by atoms with van der Waals surface area (Å²) in [5, 5.41) is 4.26. The van der Waals surface area contributed by atoms with Crippen LogP contribution in [0, 0.1) is 0 Å². The molecule has 1 aromatic carbocycles. The molecule has 3 heterocycles. The summed E-state index contributed by atoms with van der Waals surface area (Å²) in [5.41, 5.74) is 1.97. The fourth-order valence-electron chi connectivity index (χ4n) is 4.47. The zero-order valence-electron chi connectivity index (χ0n) is 18.8. The second kappa shape index (κ2) is 9.26. The normalized spacial score (nSPS) is 22.6. The van der Waals surface area contributed by atoms with Gasteiger partial charge in [0, 0.05) is 19.6 Å². The molecule has 0 saturated carbocycles. The number of carbonyl (C=O) groups excluding carboxylic acids is 3. The van der Waals surface area contributed by atoms with Crippen molar-refractivity contribution in [3.8, 4) is 0 Å². The van der Waals surface area contributed by atoms with Crippen LogP contribution in [0.2, 0.25) is 0 Å². The summed E-state index contributed by atoms with van der Waals surface area (Å²) < 4.78 is 46.4. The van der Waals surface area contributed by atoms with Gasteiger partial charge >= 0.3 is 12.2 Å². The summed E-state index contributed by atoms with van der Waals surface area (Å²) >= 11 is 0. The van der Waals surface area contributed by atoms with Gasteiger partial charge in [-0.25, -0.2) is 9.80 Å². The molecule has 34 heavy (non-hydrogen) atoms. The lowest BCUT2D eigenvalue weighted by atomic mass is 9.91. The highest BCUT2D eigenvalue weighted by Crippen LogP contribution is 2.41. The number of rotatable bonds is 5. The highest BCUT2D eigenvalue weighted by molar-refractivity contribution is 6.03. The topological polar surface area (TPSA) is 94.2 Å². The number of likely N-dealkylation sites (N-methyl/N-ethyl adjacent to an activating group) is 1. The fraction of sp³-hybridized carbons (Fsp3) is 0.500. The minimum atomic E-state index is -4.67. The van der Waals surface area contributed by atoms with Crippen LogP contribution in [0.15, 0.2) is 35.5 Å². The van der Waals surface area contributed by atoms with E-state index in [1.165, 1.54) is 28.0 Å². The van der Waals surface area contributed by atoms with Crippen LogP contribution in [0.3, 0.4) is 0 Å². The predicted octanol–water partition coefficient (Wildman–Crippen LogP) is 1.64. The van der Waals surface area contributed by atoms with E-state index in [0.717, 1.165) is 6.07 Å². The van der Waals surface area contributed by atoms with Crippen LogP contribution in [0.5, 0.6) is 0 Å². The van der Waals surface area contributed by atoms with Crippen molar-refractivity contribution in [1.82, 2.24) is 25.6 Å². The molecule has 0 aliphatic carbocycles. The first-order chi connectivity index (χ1) is 16.1. The van der Waals surface area contributed by atoms with E-state index in [2.05, 4.69) is 10.7 Å². The van der Waals surface area contributed by atoms with Gasteiger partial charge in [-0.05, 0) is 25.5 Å². The third kappa shape index (κ3) is 4.34. The number of morpholine rings is 1. The Morgan fingerprint density at radius 3 is 2.56 bits per heavy atom. The smallest absolute Gasteiger partial charge is 0.379 e. The second-order valence-corrected chi connectivity index (χ2v) is 8.26. The molecular weight excluding hydrogens is 455 g/mol. The Hall–Kier alpha value is -3.12. The zero-order valence-corrected chi connectivity index (χ0v) is 18.8. The summed E-state index contributed by atoms with van der Waals surface area (Å²) in [6.07, 6.45) is -4.67. The molecule has 3 aliphatic heterocycles. The van der Waals surface area contributed by atoms with Crippen LogP contribution in [-0.4, -0.2) is 78.1 Å². The van der Waals surface area contributed by atoms with Crippen LogP contribution in [0.25, 0.3) is 0 Å². The first-order valence-electron chi connectivity index (χ1n) is 11.0. The van der Waals surface area contributed by atoms with E-state index in [-0.39, 0.29) is 24.2 Å². The average Bonchev–Trinajstić information content (AvgIpc) is 3.15. The predicted molar refractivity (Wildman–Crippen MR) is 114 cm³/mol. The largest absolute Gasteiger partial charge is 0.416 e. The maximum absolute atomic E-state index is 13.7. The zero-order chi connectivity index (χ0) is 24.6. The SMILES string of the molecule is CCN1C(=O)NC(c2ccccc2C(F)(F)F)C2=C1CN(C(C)C(=O)NN1CCOCC1)C2=O. The maximum Gasteiger partial charge on any atom is 0.416 e. The van der Waals surface area contributed by atoms with Gasteiger partial charge in [-0.3, -0.25) is 19.9 Å². The van der Waals surface area contributed by atoms with Crippen LogP contribution >= 0.6 is 0 Å². The molecule has 0 radical (unpaired) electrons. The molecule has 0 spiro atoms. The van der Waals surface area contributed by atoms with E-state index in [1.807, 2.05) is 0 Å². The first-order valence-corrected chi connectivity index (χ1v) is 11.0. The Balaban J connectivity index is 1.65. The van der Waals surface area contributed by atoms with Crippen LogP contribution in [0.1, 0.15) is 31.0 Å². The summed E-state index contributed by atoms with van der Waals surface area (Å²) in [7, 11) is 0. The minimum absolute atomic E-state index is 0.0455. The number of hydrogen-bond acceptors (Lipinski definition) is 5. The highest BCUT2D eigenvalue weighted by Gasteiger charge is 2.48. The lowest BCUT2D eigenvalue weighted by Crippen LogP contribution is -2.54. The second-order valence-electron chi connectivity index (χ2n) is 8.26. The number of halogens is 3. The minimum Gasteiger partial charge on any atom is -0.379 e. The third-order valence-electron chi connectivity index (χ3n) is 6.27. The Labute approximate surface area is 194 Å². The molecule has 9 nitrogen and oxygen atoms in total. The molecule has 1 saturated heterocycles. The quantitative estimate of drug-likeness (QED) is 0.667. The molecule has 3 aliphatic rings. The van der Waals surface area contributed by atoms with E-state index in [4.69, 9.17) is 4.74 Å². The van der Waals surface area contributed by atoms with E-state index >= 15 is 0 Å². The Bertz CT molecular complexity index is 1020. The van der Waals surface area contributed by atoms with E-state index in [1.54, 1.807) is 18.9 Å². The van der Waals surface area contributed by atoms with Crippen LogP contribution < -0.4 is 10.7 Å². The molecule has 4 amide bonds. The van der Waals surface area contributed by atoms with Crippen LogP contribution in [0.4, 0.5) is 18.0 Å². The summed E-state index contributed by atoms with van der Waals surface area (Å²) in [6, 6.07) is 2.07. The molecule has 1 aromatic rings. The average molecular weight is 481 g/mol. The number of alkyl halides is 3. The molecule has 12 heteroatoms. The molecule has 1 fully saturated rings. The number of ether oxygens (including phenoxy) is 1. The maximum atomic E-state index is 13.7. The van der Waals surface area contributed by atoms with E-state index < -0.39 is 41.7 Å². The molecule has 4 rings (SSSR count). The van der Waals surface area contributed by atoms with Gasteiger partial charge in [-0.1, -0.05) is 18.2 Å². The van der Waals surface area contributed by atoms with Crippen molar-refractivity contribution in [2.75, 3.05) is 39.4 Å². The number of urea groups is 1. The Morgan fingerprint density at radius 2 is 1.91 bits per heavy atom. The molecule has 2 atom stereocenters. The number of hydrazine groups is 1. The van der Waals surface area contributed by atoms with Gasteiger partial charge in [0.15, 0.2) is 0 Å². The van der Waals surface area contributed by atoms with Crippen molar-refractivity contribution < 1.29 is 32.3 Å². The van der Waals surface area contributed by atoms with Crippen molar-refractivity contribution in [1.29, 1.82) is 0 Å². The van der Waals surface area contributed by atoms with Gasteiger partial charge in [-0.2, -0.15) is 13.2 Å². The fourth-order valence-corrected chi connectivity index (χ4v) is 4.47. The number of nitrogens with zero attached hydrogens (tertiary/aromatic N) is 3. The van der Waals surface area contributed by atoms with Gasteiger partial charge in [0.1, 0.15) is 6.04 Å². The van der Waals surface area contributed by atoms with Gasteiger partial charge in [0.25, 0.3) is 11.8 Å². The Kier molecular flexibility index (Phi) is 6.54. The number of hydrogen-bond donors (Lipinski definition) is 2. The van der Waals surface area contributed by atoms with Gasteiger partial charge in [0.2, 0.25) is 0 Å².